The van der Waals surface area contributed by atoms with Crippen LogP contribution < -0.4 is 5.32 Å². The van der Waals surface area contributed by atoms with Crippen molar-refractivity contribution >= 4 is 15.9 Å². The van der Waals surface area contributed by atoms with Crippen LogP contribution in [0.5, 0.6) is 0 Å². The number of morpholine rings is 1. The summed E-state index contributed by atoms with van der Waals surface area (Å²) in [5.41, 5.74) is 3.83. The van der Waals surface area contributed by atoms with Crippen molar-refractivity contribution in [2.75, 3.05) is 19.7 Å². The van der Waals surface area contributed by atoms with Gasteiger partial charge in [-0.2, -0.15) is 0 Å². The number of benzene rings is 1. The van der Waals surface area contributed by atoms with Gasteiger partial charge in [-0.25, -0.2) is 0 Å². The third kappa shape index (κ3) is 2.41. The van der Waals surface area contributed by atoms with Gasteiger partial charge in [-0.15, -0.1) is 0 Å². The molecule has 2 rings (SSSR count). The summed E-state index contributed by atoms with van der Waals surface area (Å²) in [7, 11) is 0. The molecule has 3 heteroatoms. The van der Waals surface area contributed by atoms with E-state index in [4.69, 9.17) is 4.74 Å². The average molecular weight is 270 g/mol. The molecule has 82 valence electrons. The van der Waals surface area contributed by atoms with Gasteiger partial charge in [-0.3, -0.25) is 0 Å². The van der Waals surface area contributed by atoms with Crippen molar-refractivity contribution < 1.29 is 4.74 Å². The summed E-state index contributed by atoms with van der Waals surface area (Å²) < 4.78 is 6.94. The van der Waals surface area contributed by atoms with Crippen molar-refractivity contribution in [3.8, 4) is 0 Å². The minimum atomic E-state index is 0.187. The molecule has 1 fully saturated rings. The van der Waals surface area contributed by atoms with Crippen LogP contribution in [0.2, 0.25) is 0 Å². The highest BCUT2D eigenvalue weighted by atomic mass is 79.9. The van der Waals surface area contributed by atoms with Gasteiger partial charge in [-0.05, 0) is 25.0 Å². The zero-order valence-corrected chi connectivity index (χ0v) is 10.7. The maximum Gasteiger partial charge on any atom is 0.0960 e. The first-order valence-electron chi connectivity index (χ1n) is 5.27. The van der Waals surface area contributed by atoms with Crippen molar-refractivity contribution in [3.63, 3.8) is 0 Å². The molecule has 1 aliphatic heterocycles. The molecule has 0 saturated carbocycles. The van der Waals surface area contributed by atoms with Crippen LogP contribution in [0.25, 0.3) is 0 Å². The molecule has 1 aromatic rings. The van der Waals surface area contributed by atoms with Crippen molar-refractivity contribution in [1.29, 1.82) is 0 Å². The Balaban J connectivity index is 2.33. The van der Waals surface area contributed by atoms with Crippen LogP contribution in [0.1, 0.15) is 22.8 Å². The van der Waals surface area contributed by atoms with E-state index >= 15 is 0 Å². The Morgan fingerprint density at radius 1 is 1.40 bits per heavy atom. The molecule has 1 unspecified atom stereocenters. The smallest absolute Gasteiger partial charge is 0.0960 e. The summed E-state index contributed by atoms with van der Waals surface area (Å²) in [6, 6.07) is 4.39. The second kappa shape index (κ2) is 4.64. The molecule has 1 N–H and O–H groups in total. The highest BCUT2D eigenvalue weighted by Crippen LogP contribution is 2.30. The molecular weight excluding hydrogens is 254 g/mol. The first-order chi connectivity index (χ1) is 7.18. The summed E-state index contributed by atoms with van der Waals surface area (Å²) >= 11 is 3.64. The maximum absolute atomic E-state index is 5.76. The zero-order chi connectivity index (χ0) is 10.8. The first kappa shape index (κ1) is 11.1. The van der Waals surface area contributed by atoms with Crippen LogP contribution in [-0.4, -0.2) is 19.7 Å². The molecular formula is C12H16BrNO. The summed E-state index contributed by atoms with van der Waals surface area (Å²) in [5.74, 6) is 0. The van der Waals surface area contributed by atoms with E-state index in [0.29, 0.717) is 0 Å². The predicted octanol–water partition coefficient (Wildman–Crippen LogP) is 2.73. The molecule has 1 aliphatic rings. The van der Waals surface area contributed by atoms with Crippen LogP contribution in [0.3, 0.4) is 0 Å². The van der Waals surface area contributed by atoms with Gasteiger partial charge >= 0.3 is 0 Å². The third-order valence-corrected chi connectivity index (χ3v) is 3.78. The lowest BCUT2D eigenvalue weighted by Crippen LogP contribution is -2.33. The molecule has 0 bridgehead atoms. The van der Waals surface area contributed by atoms with E-state index in [1.165, 1.54) is 21.2 Å². The molecule has 15 heavy (non-hydrogen) atoms. The van der Waals surface area contributed by atoms with Gasteiger partial charge in [0, 0.05) is 17.6 Å². The second-order valence-corrected chi connectivity index (χ2v) is 4.84. The van der Waals surface area contributed by atoms with Gasteiger partial charge < -0.3 is 10.1 Å². The topological polar surface area (TPSA) is 21.3 Å². The molecule has 0 aromatic heterocycles. The molecule has 1 saturated heterocycles. The number of rotatable bonds is 1. The van der Waals surface area contributed by atoms with E-state index < -0.39 is 0 Å². The minimum absolute atomic E-state index is 0.187. The van der Waals surface area contributed by atoms with Crippen molar-refractivity contribution in [2.45, 2.75) is 20.0 Å². The molecule has 1 aromatic carbocycles. The largest absolute Gasteiger partial charge is 0.371 e. The Bertz CT molecular complexity index is 359. The molecule has 0 aliphatic carbocycles. The van der Waals surface area contributed by atoms with E-state index in [1.54, 1.807) is 0 Å². The number of aryl methyl sites for hydroxylation is 2. The summed E-state index contributed by atoms with van der Waals surface area (Å²) in [6.45, 7) is 6.90. The fraction of sp³-hybridized carbons (Fsp3) is 0.500. The quantitative estimate of drug-likeness (QED) is 0.847. The molecule has 0 amide bonds. The van der Waals surface area contributed by atoms with Crippen LogP contribution >= 0.6 is 15.9 Å². The molecule has 1 heterocycles. The van der Waals surface area contributed by atoms with Gasteiger partial charge in [0.1, 0.15) is 0 Å². The van der Waals surface area contributed by atoms with Gasteiger partial charge in [0.05, 0.1) is 12.7 Å². The minimum Gasteiger partial charge on any atom is -0.371 e. The lowest BCUT2D eigenvalue weighted by molar-refractivity contribution is 0.0272. The van der Waals surface area contributed by atoms with E-state index in [2.05, 4.69) is 47.2 Å². The normalized spacial score (nSPS) is 21.7. The summed E-state index contributed by atoms with van der Waals surface area (Å²) in [5, 5.41) is 3.35. The first-order valence-corrected chi connectivity index (χ1v) is 6.07. The maximum atomic E-state index is 5.76. The van der Waals surface area contributed by atoms with Crippen molar-refractivity contribution in [1.82, 2.24) is 5.32 Å². The fourth-order valence-electron chi connectivity index (χ4n) is 1.98. The standard InChI is InChI=1S/C12H16BrNO/c1-8-5-9(2)12(13)10(6-8)11-7-14-3-4-15-11/h5-6,11,14H,3-4,7H2,1-2H3. The van der Waals surface area contributed by atoms with Crippen LogP contribution in [0.4, 0.5) is 0 Å². The molecule has 1 atom stereocenters. The average Bonchev–Trinajstić information content (AvgIpc) is 2.24. The highest BCUT2D eigenvalue weighted by molar-refractivity contribution is 9.10. The van der Waals surface area contributed by atoms with Crippen molar-refractivity contribution in [2.24, 2.45) is 0 Å². The summed E-state index contributed by atoms with van der Waals surface area (Å²) in [4.78, 5) is 0. The Labute approximate surface area is 99.1 Å². The van der Waals surface area contributed by atoms with Crippen LogP contribution in [0.15, 0.2) is 16.6 Å². The van der Waals surface area contributed by atoms with E-state index in [1.807, 2.05) is 0 Å². The monoisotopic (exact) mass is 269 g/mol. The Kier molecular flexibility index (Phi) is 3.44. The third-order valence-electron chi connectivity index (χ3n) is 2.70. The van der Waals surface area contributed by atoms with Gasteiger partial charge in [0.15, 0.2) is 0 Å². The van der Waals surface area contributed by atoms with Crippen molar-refractivity contribution in [3.05, 3.63) is 33.3 Å². The van der Waals surface area contributed by atoms with Crippen LogP contribution in [0, 0.1) is 13.8 Å². The van der Waals surface area contributed by atoms with E-state index in [9.17, 15) is 0 Å². The Morgan fingerprint density at radius 3 is 2.87 bits per heavy atom. The van der Waals surface area contributed by atoms with Gasteiger partial charge in [0.25, 0.3) is 0 Å². The molecule has 0 spiro atoms. The number of ether oxygens (including phenoxy) is 1. The lowest BCUT2D eigenvalue weighted by atomic mass is 10.0. The highest BCUT2D eigenvalue weighted by Gasteiger charge is 2.19. The van der Waals surface area contributed by atoms with E-state index in [-0.39, 0.29) is 6.10 Å². The molecule has 0 radical (unpaired) electrons. The number of hydrogen-bond acceptors (Lipinski definition) is 2. The lowest BCUT2D eigenvalue weighted by Gasteiger charge is -2.25. The van der Waals surface area contributed by atoms with E-state index in [0.717, 1.165) is 19.7 Å². The number of hydrogen-bond donors (Lipinski definition) is 1. The number of halogens is 1. The SMILES string of the molecule is Cc1cc(C)c(Br)c(C2CNCCO2)c1. The van der Waals surface area contributed by atoms with Gasteiger partial charge in [-0.1, -0.05) is 33.6 Å². The predicted molar refractivity (Wildman–Crippen MR) is 65.2 cm³/mol. The Hall–Kier alpha value is -0.380. The fourth-order valence-corrected chi connectivity index (χ4v) is 2.47. The van der Waals surface area contributed by atoms with Crippen LogP contribution in [-0.2, 0) is 4.74 Å². The van der Waals surface area contributed by atoms with Gasteiger partial charge in [0.2, 0.25) is 0 Å². The summed E-state index contributed by atoms with van der Waals surface area (Å²) in [6.07, 6.45) is 0.187. The Morgan fingerprint density at radius 2 is 2.20 bits per heavy atom. The second-order valence-electron chi connectivity index (χ2n) is 4.05. The molecule has 2 nitrogen and oxygen atoms in total. The zero-order valence-electron chi connectivity index (χ0n) is 9.14. The number of nitrogens with one attached hydrogen (secondary N) is 1.